The van der Waals surface area contributed by atoms with Crippen LogP contribution >= 0.6 is 0 Å². The molecule has 0 aromatic heterocycles. The maximum absolute atomic E-state index is 12.9. The average Bonchev–Trinajstić information content (AvgIpc) is 3.46. The number of unbranched alkanes of at least 4 members (excludes halogenated alkanes) is 35. The van der Waals surface area contributed by atoms with E-state index in [2.05, 4.69) is 112 Å². The van der Waals surface area contributed by atoms with Crippen LogP contribution in [0.5, 0.6) is 0 Å². The first kappa shape index (κ1) is 76.3. The predicted molar refractivity (Wildman–Crippen MR) is 348 cm³/mol. The Labute approximate surface area is 496 Å². The van der Waals surface area contributed by atoms with Gasteiger partial charge in [-0.3, -0.25) is 14.4 Å². The smallest absolute Gasteiger partial charge is 0.306 e. The molecule has 0 aromatic rings. The number of ether oxygens (including phenoxy) is 3. The zero-order chi connectivity index (χ0) is 57.8. The van der Waals surface area contributed by atoms with Gasteiger partial charge in [0.25, 0.3) is 0 Å². The van der Waals surface area contributed by atoms with E-state index in [9.17, 15) is 14.4 Å². The van der Waals surface area contributed by atoms with Gasteiger partial charge in [0.05, 0.1) is 0 Å². The fraction of sp³-hybridized carbons (Fsp3) is 0.743. The summed E-state index contributed by atoms with van der Waals surface area (Å²) < 4.78 is 16.9. The van der Waals surface area contributed by atoms with Crippen molar-refractivity contribution in [3.05, 3.63) is 97.2 Å². The van der Waals surface area contributed by atoms with E-state index in [1.165, 1.54) is 193 Å². The topological polar surface area (TPSA) is 78.9 Å². The molecule has 6 heteroatoms. The van der Waals surface area contributed by atoms with Crippen LogP contribution in [0.4, 0.5) is 0 Å². The molecule has 0 saturated heterocycles. The van der Waals surface area contributed by atoms with Crippen LogP contribution in [-0.2, 0) is 28.6 Å². The highest BCUT2D eigenvalue weighted by Crippen LogP contribution is 2.18. The third kappa shape index (κ3) is 65.1. The summed E-state index contributed by atoms with van der Waals surface area (Å²) in [6, 6.07) is 0. The summed E-state index contributed by atoms with van der Waals surface area (Å²) >= 11 is 0. The minimum atomic E-state index is -0.812. The van der Waals surface area contributed by atoms with Crippen molar-refractivity contribution in [1.29, 1.82) is 0 Å². The molecule has 460 valence electrons. The number of esters is 3. The summed E-state index contributed by atoms with van der Waals surface area (Å²) in [6.45, 7) is 6.38. The summed E-state index contributed by atoms with van der Waals surface area (Å²) in [5.41, 5.74) is 0. The van der Waals surface area contributed by atoms with Crippen molar-refractivity contribution in [2.75, 3.05) is 13.2 Å². The maximum atomic E-state index is 12.9. The van der Waals surface area contributed by atoms with Gasteiger partial charge in [0.1, 0.15) is 13.2 Å². The van der Waals surface area contributed by atoms with Crippen molar-refractivity contribution in [1.82, 2.24) is 0 Å². The molecule has 0 amide bonds. The number of hydrogen-bond donors (Lipinski definition) is 0. The number of rotatable bonds is 62. The van der Waals surface area contributed by atoms with Crippen LogP contribution in [0.3, 0.4) is 0 Å². The standard InChI is InChI=1S/C74H128O6/c1-4-7-10-13-16-19-22-25-27-29-31-33-34-35-36-37-38-39-41-42-44-46-49-52-55-58-61-64-67-73(76)79-70-71(69-78-72(75)66-63-60-57-54-51-48-24-21-18-15-12-9-6-3)80-74(77)68-65-62-59-56-53-50-47-45-43-40-32-30-28-26-23-20-17-14-11-8-5-2/h8-9,11-12,17-18,20-21,26,28,32,40,48,51,57,60,71H,4-7,10,13-16,19,22-25,27,29-31,33-39,41-47,49-50,52-56,58-59,61-70H2,1-3H3/b11-8-,12-9-,20-17-,21-18-,28-26-,40-32-,51-48-,60-57-. The van der Waals surface area contributed by atoms with E-state index in [1.807, 2.05) is 6.08 Å². The van der Waals surface area contributed by atoms with E-state index in [-0.39, 0.29) is 37.5 Å². The van der Waals surface area contributed by atoms with Gasteiger partial charge in [-0.15, -0.1) is 0 Å². The Balaban J connectivity index is 4.27. The number of carbonyl (C=O) groups excluding carboxylic acids is 3. The quantitative estimate of drug-likeness (QED) is 0.0261. The van der Waals surface area contributed by atoms with Crippen LogP contribution in [0.2, 0.25) is 0 Å². The van der Waals surface area contributed by atoms with Crippen LogP contribution in [0, 0.1) is 0 Å². The molecule has 80 heavy (non-hydrogen) atoms. The second-order valence-electron chi connectivity index (χ2n) is 22.7. The SMILES string of the molecule is CC/C=C\C/C=C\C/C=C\C/C=C\CCCCCCCCCCC(=O)OC(COC(=O)CC/C=C\C/C=C\C/C=C\C/C=C\CC)COC(=O)CCCCCCCCCCCCCCCCCCCCCCCCCCCCCC. The Morgan fingerprint density at radius 2 is 0.512 bits per heavy atom. The summed E-state index contributed by atoms with van der Waals surface area (Å²) in [6.07, 6.45) is 91.7. The highest BCUT2D eigenvalue weighted by Gasteiger charge is 2.19. The monoisotopic (exact) mass is 1110 g/mol. The van der Waals surface area contributed by atoms with Gasteiger partial charge in [0.15, 0.2) is 6.10 Å². The van der Waals surface area contributed by atoms with E-state index >= 15 is 0 Å². The molecule has 0 aliphatic carbocycles. The van der Waals surface area contributed by atoms with Crippen LogP contribution in [0.15, 0.2) is 97.2 Å². The Bertz CT molecular complexity index is 1560. The zero-order valence-corrected chi connectivity index (χ0v) is 52.8. The average molecular weight is 1110 g/mol. The predicted octanol–water partition coefficient (Wildman–Crippen LogP) is 23.6. The second kappa shape index (κ2) is 67.8. The Kier molecular flexibility index (Phi) is 64.7. The largest absolute Gasteiger partial charge is 0.462 e. The first-order valence-electron chi connectivity index (χ1n) is 34.2. The van der Waals surface area contributed by atoms with Gasteiger partial charge < -0.3 is 14.2 Å². The first-order valence-corrected chi connectivity index (χ1v) is 34.2. The molecule has 0 heterocycles. The number of hydrogen-bond acceptors (Lipinski definition) is 6. The molecule has 0 fully saturated rings. The van der Waals surface area contributed by atoms with Crippen molar-refractivity contribution in [2.45, 2.75) is 341 Å². The normalized spacial score (nSPS) is 12.7. The van der Waals surface area contributed by atoms with Crippen molar-refractivity contribution < 1.29 is 28.6 Å². The van der Waals surface area contributed by atoms with Gasteiger partial charge in [0.2, 0.25) is 0 Å². The lowest BCUT2D eigenvalue weighted by molar-refractivity contribution is -0.166. The van der Waals surface area contributed by atoms with Gasteiger partial charge in [-0.1, -0.05) is 330 Å². The third-order valence-corrected chi connectivity index (χ3v) is 14.8. The summed E-state index contributed by atoms with van der Waals surface area (Å²) in [4.78, 5) is 38.3. The lowest BCUT2D eigenvalue weighted by Gasteiger charge is -2.18. The van der Waals surface area contributed by atoms with E-state index in [4.69, 9.17) is 14.2 Å². The van der Waals surface area contributed by atoms with Gasteiger partial charge >= 0.3 is 17.9 Å². The number of carbonyl (C=O) groups is 3. The zero-order valence-electron chi connectivity index (χ0n) is 52.8. The summed E-state index contributed by atoms with van der Waals surface area (Å²) in [5.74, 6) is -0.981. The lowest BCUT2D eigenvalue weighted by atomic mass is 10.0. The highest BCUT2D eigenvalue weighted by molar-refractivity contribution is 5.71. The molecule has 0 aromatic carbocycles. The minimum absolute atomic E-state index is 0.101. The Hall–Kier alpha value is -3.67. The molecule has 0 bridgehead atoms. The van der Waals surface area contributed by atoms with Gasteiger partial charge in [0, 0.05) is 19.3 Å². The van der Waals surface area contributed by atoms with Crippen LogP contribution < -0.4 is 0 Å². The highest BCUT2D eigenvalue weighted by atomic mass is 16.6. The fourth-order valence-corrected chi connectivity index (χ4v) is 9.80. The van der Waals surface area contributed by atoms with Crippen LogP contribution in [0.1, 0.15) is 335 Å². The summed E-state index contributed by atoms with van der Waals surface area (Å²) in [5, 5.41) is 0. The molecule has 0 radical (unpaired) electrons. The molecule has 0 N–H and O–H groups in total. The molecule has 0 spiro atoms. The molecule has 0 rings (SSSR count). The fourth-order valence-electron chi connectivity index (χ4n) is 9.80. The molecule has 6 nitrogen and oxygen atoms in total. The summed E-state index contributed by atoms with van der Waals surface area (Å²) in [7, 11) is 0. The first-order chi connectivity index (χ1) is 39.5. The van der Waals surface area contributed by atoms with E-state index < -0.39 is 6.10 Å². The van der Waals surface area contributed by atoms with Crippen molar-refractivity contribution in [3.8, 4) is 0 Å². The Morgan fingerprint density at radius 3 is 0.838 bits per heavy atom. The molecule has 1 atom stereocenters. The van der Waals surface area contributed by atoms with Gasteiger partial charge in [-0.2, -0.15) is 0 Å². The molecule has 0 aliphatic heterocycles. The lowest BCUT2D eigenvalue weighted by Crippen LogP contribution is -2.30. The molecular weight excluding hydrogens is 985 g/mol. The van der Waals surface area contributed by atoms with Crippen molar-refractivity contribution in [3.63, 3.8) is 0 Å². The number of allylic oxidation sites excluding steroid dienone is 16. The molecule has 0 aliphatic rings. The van der Waals surface area contributed by atoms with Gasteiger partial charge in [-0.05, 0) is 83.5 Å². The van der Waals surface area contributed by atoms with E-state index in [0.717, 1.165) is 96.3 Å². The van der Waals surface area contributed by atoms with E-state index in [0.29, 0.717) is 19.3 Å². The molecular formula is C74H128O6. The molecule has 0 saturated carbocycles. The van der Waals surface area contributed by atoms with E-state index in [1.54, 1.807) is 0 Å². The van der Waals surface area contributed by atoms with Gasteiger partial charge in [-0.25, -0.2) is 0 Å². The Morgan fingerprint density at radius 1 is 0.263 bits per heavy atom. The maximum Gasteiger partial charge on any atom is 0.306 e. The van der Waals surface area contributed by atoms with Crippen LogP contribution in [0.25, 0.3) is 0 Å². The van der Waals surface area contributed by atoms with Crippen LogP contribution in [-0.4, -0.2) is 37.2 Å². The second-order valence-corrected chi connectivity index (χ2v) is 22.7. The third-order valence-electron chi connectivity index (χ3n) is 14.8. The van der Waals surface area contributed by atoms with Crippen molar-refractivity contribution in [2.24, 2.45) is 0 Å². The van der Waals surface area contributed by atoms with Crippen molar-refractivity contribution >= 4 is 17.9 Å². The molecule has 1 unspecified atom stereocenters. The minimum Gasteiger partial charge on any atom is -0.462 e.